The van der Waals surface area contributed by atoms with E-state index in [-0.39, 0.29) is 12.2 Å². The van der Waals surface area contributed by atoms with Gasteiger partial charge in [0.15, 0.2) is 6.29 Å². The minimum atomic E-state index is -0.386. The highest BCUT2D eigenvalue weighted by Crippen LogP contribution is 2.28. The van der Waals surface area contributed by atoms with Crippen LogP contribution in [0.15, 0.2) is 36.8 Å². The van der Waals surface area contributed by atoms with Crippen LogP contribution < -0.4 is 15.7 Å². The lowest BCUT2D eigenvalue weighted by Gasteiger charge is -2.32. The maximum absolute atomic E-state index is 12.3. The summed E-state index contributed by atoms with van der Waals surface area (Å²) in [5.74, 6) is 0.879. The highest BCUT2D eigenvalue weighted by molar-refractivity contribution is 6.35. The quantitative estimate of drug-likeness (QED) is 0.443. The van der Waals surface area contributed by atoms with E-state index >= 15 is 0 Å². The number of aromatic nitrogens is 3. The minimum Gasteiger partial charge on any atom is -0.350 e. The largest absolute Gasteiger partial charge is 0.350 e. The van der Waals surface area contributed by atoms with Gasteiger partial charge < -0.3 is 19.5 Å². The Balaban J connectivity index is 1.06. The number of hydroxylamine groups is 1. The summed E-state index contributed by atoms with van der Waals surface area (Å²) in [4.78, 5) is 28.7. The molecule has 2 saturated heterocycles. The summed E-state index contributed by atoms with van der Waals surface area (Å²) in [6.45, 7) is 4.19. The molecule has 5 rings (SSSR count). The average molecular weight is 513 g/mol. The van der Waals surface area contributed by atoms with E-state index in [1.165, 1.54) is 5.56 Å². The first-order chi connectivity index (χ1) is 17.6. The van der Waals surface area contributed by atoms with E-state index in [2.05, 4.69) is 49.5 Å². The zero-order valence-electron chi connectivity index (χ0n) is 20.6. The van der Waals surface area contributed by atoms with Gasteiger partial charge in [-0.3, -0.25) is 4.79 Å². The third-order valence-electron chi connectivity index (χ3n) is 7.01. The summed E-state index contributed by atoms with van der Waals surface area (Å²) >= 11 is 6.46. The van der Waals surface area contributed by atoms with Crippen LogP contribution in [0.2, 0.25) is 5.02 Å². The number of amides is 1. The van der Waals surface area contributed by atoms with Gasteiger partial charge in [0.05, 0.1) is 10.6 Å². The molecule has 36 heavy (non-hydrogen) atoms. The number of carbonyl (C=O) groups is 1. The number of ether oxygens (including phenoxy) is 1. The van der Waals surface area contributed by atoms with Crippen LogP contribution in [-0.4, -0.2) is 53.0 Å². The lowest BCUT2D eigenvalue weighted by molar-refractivity contribution is -0.186. The molecule has 1 amide bonds. The molecule has 10 heteroatoms. The van der Waals surface area contributed by atoms with Crippen LogP contribution in [0, 0.1) is 5.92 Å². The smallest absolute Gasteiger partial charge is 0.278 e. The van der Waals surface area contributed by atoms with Gasteiger partial charge in [-0.1, -0.05) is 17.7 Å². The Kier molecular flexibility index (Phi) is 8.01. The van der Waals surface area contributed by atoms with Gasteiger partial charge in [0, 0.05) is 69.2 Å². The first kappa shape index (κ1) is 25.0. The number of piperidine rings is 1. The molecular weight excluding hydrogens is 480 g/mol. The van der Waals surface area contributed by atoms with E-state index in [9.17, 15) is 4.79 Å². The normalized spacial score (nSPS) is 19.1. The number of nitrogens with zero attached hydrogens (tertiary/aromatic N) is 4. The molecule has 0 bridgehead atoms. The first-order valence-electron chi connectivity index (χ1n) is 12.7. The Hall–Kier alpha value is -2.72. The number of hydrogen-bond acceptors (Lipinski definition) is 7. The molecule has 2 fully saturated rings. The first-order valence-corrected chi connectivity index (χ1v) is 13.0. The van der Waals surface area contributed by atoms with Crippen LogP contribution in [-0.2, 0) is 23.2 Å². The van der Waals surface area contributed by atoms with Crippen molar-refractivity contribution >= 4 is 34.4 Å². The zero-order valence-corrected chi connectivity index (χ0v) is 21.3. The molecular formula is C26H33ClN6O3. The van der Waals surface area contributed by atoms with Crippen molar-refractivity contribution in [2.24, 2.45) is 13.0 Å². The predicted molar refractivity (Wildman–Crippen MR) is 139 cm³/mol. The molecule has 1 aromatic carbocycles. The van der Waals surface area contributed by atoms with E-state index in [1.54, 1.807) is 12.4 Å². The van der Waals surface area contributed by atoms with Crippen molar-refractivity contribution in [1.29, 1.82) is 0 Å². The molecule has 2 N–H and O–H groups in total. The van der Waals surface area contributed by atoms with E-state index < -0.39 is 0 Å². The van der Waals surface area contributed by atoms with E-state index in [4.69, 9.17) is 21.2 Å². The molecule has 2 aliphatic heterocycles. The van der Waals surface area contributed by atoms with E-state index in [0.29, 0.717) is 24.0 Å². The maximum atomic E-state index is 12.3. The highest BCUT2D eigenvalue weighted by Gasteiger charge is 2.22. The van der Waals surface area contributed by atoms with Gasteiger partial charge in [-0.15, -0.1) is 0 Å². The summed E-state index contributed by atoms with van der Waals surface area (Å²) in [5.41, 5.74) is 5.19. The Bertz CT molecular complexity index is 1170. The fraction of sp³-hybridized carbons (Fsp3) is 0.500. The van der Waals surface area contributed by atoms with Crippen LogP contribution in [0.1, 0.15) is 48.0 Å². The van der Waals surface area contributed by atoms with Gasteiger partial charge in [0.1, 0.15) is 0 Å². The lowest BCUT2D eigenvalue weighted by atomic mass is 9.97. The van der Waals surface area contributed by atoms with Crippen LogP contribution in [0.5, 0.6) is 0 Å². The van der Waals surface area contributed by atoms with Crippen molar-refractivity contribution in [2.75, 3.05) is 31.1 Å². The monoisotopic (exact) mass is 512 g/mol. The maximum Gasteiger partial charge on any atom is 0.278 e. The van der Waals surface area contributed by atoms with Crippen LogP contribution in [0.4, 0.5) is 5.95 Å². The Labute approximate surface area is 216 Å². The van der Waals surface area contributed by atoms with Gasteiger partial charge in [0.25, 0.3) is 5.91 Å². The summed E-state index contributed by atoms with van der Waals surface area (Å²) in [6.07, 6.45) is 9.82. The van der Waals surface area contributed by atoms with Gasteiger partial charge in [-0.05, 0) is 55.8 Å². The SMILES string of the molecule is Cn1cc(CNCC2CCN(c3ncc(C(=O)NOC4CCCCO4)cn3)CC2)c2c(Cl)cccc21. The molecule has 0 saturated carbocycles. The van der Waals surface area contributed by atoms with Crippen LogP contribution >= 0.6 is 11.6 Å². The second-order valence-corrected chi connectivity index (χ2v) is 9.98. The van der Waals surface area contributed by atoms with Crippen molar-refractivity contribution in [3.8, 4) is 0 Å². The Morgan fingerprint density at radius 3 is 2.75 bits per heavy atom. The molecule has 9 nitrogen and oxygen atoms in total. The van der Waals surface area contributed by atoms with Crippen molar-refractivity contribution < 1.29 is 14.4 Å². The number of halogens is 1. The molecule has 1 atom stereocenters. The number of benzene rings is 1. The van der Waals surface area contributed by atoms with E-state index in [0.717, 1.165) is 74.2 Å². The number of anilines is 1. The van der Waals surface area contributed by atoms with Crippen LogP contribution in [0.25, 0.3) is 10.9 Å². The summed E-state index contributed by atoms with van der Waals surface area (Å²) in [5, 5.41) is 5.56. The summed E-state index contributed by atoms with van der Waals surface area (Å²) in [7, 11) is 2.05. The fourth-order valence-electron chi connectivity index (χ4n) is 4.96. The number of hydrogen-bond donors (Lipinski definition) is 2. The van der Waals surface area contributed by atoms with Crippen molar-refractivity contribution in [3.63, 3.8) is 0 Å². The predicted octanol–water partition coefficient (Wildman–Crippen LogP) is 3.82. The highest BCUT2D eigenvalue weighted by atomic mass is 35.5. The number of fused-ring (bicyclic) bond motifs is 1. The number of aryl methyl sites for hydroxylation is 1. The van der Waals surface area contributed by atoms with Crippen molar-refractivity contribution in [1.82, 2.24) is 25.3 Å². The Morgan fingerprint density at radius 2 is 2.00 bits per heavy atom. The Morgan fingerprint density at radius 1 is 1.19 bits per heavy atom. The van der Waals surface area contributed by atoms with Crippen molar-refractivity contribution in [3.05, 3.63) is 52.9 Å². The third kappa shape index (κ3) is 5.81. The van der Waals surface area contributed by atoms with Gasteiger partial charge in [0.2, 0.25) is 5.95 Å². The number of carbonyl (C=O) groups excluding carboxylic acids is 1. The standard InChI is InChI=1S/C26H33ClN6O3/c1-32-17-20(24-21(27)5-4-6-22(24)32)14-28-13-18-8-10-33(11-9-18)26-29-15-19(16-30-26)25(34)31-36-23-7-2-3-12-35-23/h4-6,15-18,23,28H,2-3,7-14H2,1H3,(H,31,34). The molecule has 0 radical (unpaired) electrons. The van der Waals surface area contributed by atoms with Crippen molar-refractivity contribution in [2.45, 2.75) is 44.9 Å². The minimum absolute atomic E-state index is 0.363. The molecule has 0 aliphatic carbocycles. The number of nitrogens with one attached hydrogen (secondary N) is 2. The summed E-state index contributed by atoms with van der Waals surface area (Å²) in [6, 6.07) is 6.04. The molecule has 2 aliphatic rings. The molecule has 1 unspecified atom stereocenters. The molecule has 4 heterocycles. The van der Waals surface area contributed by atoms with E-state index in [1.807, 2.05) is 12.1 Å². The average Bonchev–Trinajstić information content (AvgIpc) is 3.25. The topological polar surface area (TPSA) is 93.5 Å². The molecule has 192 valence electrons. The lowest BCUT2D eigenvalue weighted by Crippen LogP contribution is -2.38. The van der Waals surface area contributed by atoms with Crippen LogP contribution in [0.3, 0.4) is 0 Å². The van der Waals surface area contributed by atoms with Gasteiger partial charge >= 0.3 is 0 Å². The van der Waals surface area contributed by atoms with Gasteiger partial charge in [-0.2, -0.15) is 0 Å². The molecule has 3 aromatic rings. The second-order valence-electron chi connectivity index (χ2n) is 9.58. The third-order valence-corrected chi connectivity index (χ3v) is 7.32. The summed E-state index contributed by atoms with van der Waals surface area (Å²) < 4.78 is 7.58. The van der Waals surface area contributed by atoms with Gasteiger partial charge in [-0.25, -0.2) is 20.3 Å². The molecule has 0 spiro atoms. The molecule has 2 aromatic heterocycles. The second kappa shape index (κ2) is 11.6. The fourth-order valence-corrected chi connectivity index (χ4v) is 5.25. The number of rotatable bonds is 8. The zero-order chi connectivity index (χ0) is 24.9.